The smallest absolute Gasteiger partial charge is 0.303 e. The molecule has 0 fully saturated rings. The lowest BCUT2D eigenvalue weighted by Crippen LogP contribution is -2.29. The van der Waals surface area contributed by atoms with Crippen molar-refractivity contribution in [1.29, 1.82) is 0 Å². The molecule has 0 spiro atoms. The third kappa shape index (κ3) is 32.7. The first-order valence-corrected chi connectivity index (χ1v) is 17.5. The zero-order chi connectivity index (χ0) is 29.7. The minimum Gasteiger partial charge on any atom is -0.481 e. The number of carbonyl (C=O) groups is 2. The van der Waals surface area contributed by atoms with Crippen molar-refractivity contribution in [2.24, 2.45) is 0 Å². The van der Waals surface area contributed by atoms with Crippen molar-refractivity contribution in [1.82, 2.24) is 0 Å². The van der Waals surface area contributed by atoms with Gasteiger partial charge < -0.3 is 10.2 Å². The van der Waals surface area contributed by atoms with E-state index in [4.69, 9.17) is 23.9 Å². The number of hydrogen-bond donors (Lipinski definition) is 5. The van der Waals surface area contributed by atoms with Gasteiger partial charge in [0.05, 0.1) is 11.5 Å². The Morgan fingerprint density at radius 1 is 0.500 bits per heavy atom. The fraction of sp³-hybridized carbons (Fsp3) is 0.909. The summed E-state index contributed by atoms with van der Waals surface area (Å²) in [7, 11) is -12.8. The standard InChI is InChI=1S/C11H22O8S2.C11H22O5S/c12-11(13)8-6-4-2-1-3-5-7-10(21(17,18)19)9-20(14,15)16;12-11(13)9-7-5-3-1-2-4-6-8-10-17(14,15)16/h10H,1-9H2,(H,12,13)(H,14,15,16)(H,17,18,19);1-10H2,(H,12,13)(H,14,15,16). The molecule has 0 bridgehead atoms. The largest absolute Gasteiger partial charge is 0.481 e. The van der Waals surface area contributed by atoms with E-state index >= 15 is 0 Å². The van der Waals surface area contributed by atoms with Crippen LogP contribution in [0.3, 0.4) is 0 Å². The van der Waals surface area contributed by atoms with E-state index < -0.39 is 53.3 Å². The van der Waals surface area contributed by atoms with Gasteiger partial charge in [0.2, 0.25) is 0 Å². The highest BCUT2D eigenvalue weighted by Crippen LogP contribution is 2.15. The zero-order valence-electron chi connectivity index (χ0n) is 21.7. The van der Waals surface area contributed by atoms with Crippen LogP contribution in [0, 0.1) is 0 Å². The first kappa shape index (κ1) is 38.8. The number of unbranched alkanes of at least 4 members (excludes halogenated alkanes) is 12. The first-order valence-electron chi connectivity index (χ1n) is 12.7. The lowest BCUT2D eigenvalue weighted by Gasteiger charge is -2.11. The molecule has 1 atom stereocenters. The molecule has 0 heterocycles. The molecule has 0 saturated carbocycles. The summed E-state index contributed by atoms with van der Waals surface area (Å²) in [5.74, 6) is -2.73. The Morgan fingerprint density at radius 2 is 0.842 bits per heavy atom. The number of hydrogen-bond acceptors (Lipinski definition) is 8. The van der Waals surface area contributed by atoms with E-state index in [0.29, 0.717) is 25.7 Å². The lowest BCUT2D eigenvalue weighted by atomic mass is 10.1. The second-order valence-corrected chi connectivity index (χ2v) is 14.0. The molecular formula is C22H44O13S3. The average molecular weight is 613 g/mol. The highest BCUT2D eigenvalue weighted by Gasteiger charge is 2.27. The van der Waals surface area contributed by atoms with Gasteiger partial charge >= 0.3 is 11.9 Å². The van der Waals surface area contributed by atoms with Crippen molar-refractivity contribution in [3.8, 4) is 0 Å². The van der Waals surface area contributed by atoms with Gasteiger partial charge in [-0.1, -0.05) is 70.6 Å². The average Bonchev–Trinajstić information content (AvgIpc) is 2.74. The molecule has 5 N–H and O–H groups in total. The molecule has 13 nitrogen and oxygen atoms in total. The quantitative estimate of drug-likeness (QED) is 0.0816. The van der Waals surface area contributed by atoms with Crippen LogP contribution >= 0.6 is 0 Å². The Hall–Kier alpha value is -1.33. The predicted molar refractivity (Wildman–Crippen MR) is 142 cm³/mol. The highest BCUT2D eigenvalue weighted by atomic mass is 32.2. The summed E-state index contributed by atoms with van der Waals surface area (Å²) in [4.78, 5) is 20.5. The fourth-order valence-electron chi connectivity index (χ4n) is 3.53. The van der Waals surface area contributed by atoms with E-state index in [-0.39, 0.29) is 25.0 Å². The third-order valence-corrected chi connectivity index (χ3v) is 8.61. The molecule has 0 saturated heterocycles. The van der Waals surface area contributed by atoms with Crippen LogP contribution < -0.4 is 0 Å². The van der Waals surface area contributed by atoms with Gasteiger partial charge in [0.15, 0.2) is 0 Å². The second kappa shape index (κ2) is 21.5. The Morgan fingerprint density at radius 3 is 1.16 bits per heavy atom. The van der Waals surface area contributed by atoms with Crippen molar-refractivity contribution in [3.63, 3.8) is 0 Å². The predicted octanol–water partition coefficient (Wildman–Crippen LogP) is 3.81. The molecule has 0 aromatic heterocycles. The van der Waals surface area contributed by atoms with Crippen LogP contribution in [0.15, 0.2) is 0 Å². The van der Waals surface area contributed by atoms with E-state index in [1.807, 2.05) is 0 Å². The molecule has 0 aromatic carbocycles. The van der Waals surface area contributed by atoms with Crippen LogP contribution in [-0.2, 0) is 39.9 Å². The zero-order valence-corrected chi connectivity index (χ0v) is 24.2. The van der Waals surface area contributed by atoms with Crippen LogP contribution in [0.1, 0.15) is 109 Å². The molecule has 38 heavy (non-hydrogen) atoms. The van der Waals surface area contributed by atoms with Crippen molar-refractivity contribution in [3.05, 3.63) is 0 Å². The van der Waals surface area contributed by atoms with Crippen molar-refractivity contribution < 1.29 is 58.7 Å². The number of carboxylic acid groups (broad SMARTS) is 2. The summed E-state index contributed by atoms with van der Waals surface area (Å²) < 4.78 is 90.2. The third-order valence-electron chi connectivity index (χ3n) is 5.53. The molecule has 0 aliphatic carbocycles. The molecule has 0 radical (unpaired) electrons. The maximum atomic E-state index is 11.0. The monoisotopic (exact) mass is 612 g/mol. The van der Waals surface area contributed by atoms with Crippen LogP contribution in [0.2, 0.25) is 0 Å². The van der Waals surface area contributed by atoms with E-state index in [0.717, 1.165) is 64.2 Å². The van der Waals surface area contributed by atoms with E-state index in [1.165, 1.54) is 0 Å². The minimum atomic E-state index is -4.51. The Kier molecular flexibility index (Phi) is 21.9. The number of aliphatic carboxylic acids is 2. The Labute approximate surface area is 226 Å². The van der Waals surface area contributed by atoms with Crippen LogP contribution in [0.4, 0.5) is 0 Å². The summed E-state index contributed by atoms with van der Waals surface area (Å²) in [6.07, 6.45) is 11.4. The lowest BCUT2D eigenvalue weighted by molar-refractivity contribution is -0.138. The fourth-order valence-corrected chi connectivity index (χ4v) is 6.40. The molecule has 16 heteroatoms. The maximum absolute atomic E-state index is 11.0. The molecular weight excluding hydrogens is 568 g/mol. The normalized spacial score (nSPS) is 12.9. The van der Waals surface area contributed by atoms with Gasteiger partial charge in [-0.15, -0.1) is 0 Å². The van der Waals surface area contributed by atoms with Crippen molar-refractivity contribution in [2.45, 2.75) is 114 Å². The summed E-state index contributed by atoms with van der Waals surface area (Å²) in [6.45, 7) is 0. The molecule has 1 unspecified atom stereocenters. The molecule has 0 amide bonds. The Bertz CT molecular complexity index is 958. The molecule has 0 aliphatic rings. The van der Waals surface area contributed by atoms with Crippen molar-refractivity contribution in [2.75, 3.05) is 11.5 Å². The molecule has 0 aromatic rings. The van der Waals surface area contributed by atoms with Crippen molar-refractivity contribution >= 4 is 42.3 Å². The van der Waals surface area contributed by atoms with Crippen LogP contribution in [-0.4, -0.2) is 77.8 Å². The van der Waals surface area contributed by atoms with Crippen LogP contribution in [0.25, 0.3) is 0 Å². The van der Waals surface area contributed by atoms with Gasteiger partial charge in [0.1, 0.15) is 5.25 Å². The van der Waals surface area contributed by atoms with Gasteiger partial charge in [-0.05, 0) is 25.7 Å². The highest BCUT2D eigenvalue weighted by molar-refractivity contribution is 7.90. The SMILES string of the molecule is O=C(O)CCCCCCCCC(CS(=O)(=O)O)S(=O)(=O)O.O=C(O)CCCCCCCCCCS(=O)(=O)O. The summed E-state index contributed by atoms with van der Waals surface area (Å²) in [6, 6.07) is 0. The van der Waals surface area contributed by atoms with E-state index in [2.05, 4.69) is 0 Å². The summed E-state index contributed by atoms with van der Waals surface area (Å²) >= 11 is 0. The molecule has 228 valence electrons. The molecule has 0 rings (SSSR count). The minimum absolute atomic E-state index is 0.0479. The Balaban J connectivity index is 0. The maximum Gasteiger partial charge on any atom is 0.303 e. The topological polar surface area (TPSA) is 238 Å². The first-order chi connectivity index (χ1) is 17.4. The van der Waals surface area contributed by atoms with E-state index in [9.17, 15) is 34.8 Å². The van der Waals surface area contributed by atoms with Gasteiger partial charge in [-0.3, -0.25) is 23.2 Å². The van der Waals surface area contributed by atoms with Gasteiger partial charge in [-0.25, -0.2) is 0 Å². The number of rotatable bonds is 23. The van der Waals surface area contributed by atoms with Crippen LogP contribution in [0.5, 0.6) is 0 Å². The van der Waals surface area contributed by atoms with Gasteiger partial charge in [0.25, 0.3) is 30.4 Å². The van der Waals surface area contributed by atoms with Gasteiger partial charge in [0, 0.05) is 12.8 Å². The molecule has 0 aliphatic heterocycles. The summed E-state index contributed by atoms with van der Waals surface area (Å²) in [5, 5.41) is 15.3. The van der Waals surface area contributed by atoms with E-state index in [1.54, 1.807) is 0 Å². The van der Waals surface area contributed by atoms with Gasteiger partial charge in [-0.2, -0.15) is 25.3 Å². The number of carboxylic acids is 2. The second-order valence-electron chi connectivity index (χ2n) is 9.20. The summed E-state index contributed by atoms with van der Waals surface area (Å²) in [5.41, 5.74) is 0.